The van der Waals surface area contributed by atoms with E-state index in [1.54, 1.807) is 12.1 Å². The number of phenols is 1. The molecule has 4 rings (SSSR count). The van der Waals surface area contributed by atoms with Crippen molar-refractivity contribution in [3.8, 4) is 17.2 Å². The maximum absolute atomic E-state index is 12.4. The summed E-state index contributed by atoms with van der Waals surface area (Å²) in [6.45, 7) is 2.21. The molecule has 1 fully saturated rings. The summed E-state index contributed by atoms with van der Waals surface area (Å²) < 4.78 is 15.8. The van der Waals surface area contributed by atoms with Crippen molar-refractivity contribution in [2.24, 2.45) is 10.9 Å². The van der Waals surface area contributed by atoms with Crippen LogP contribution >= 0.6 is 0 Å². The molecule has 0 spiro atoms. The molecule has 2 atom stereocenters. The molecule has 2 aromatic rings. The summed E-state index contributed by atoms with van der Waals surface area (Å²) in [7, 11) is 2.96. The number of benzene rings is 2. The number of fused-ring (bicyclic) bond motifs is 2. The lowest BCUT2D eigenvalue weighted by atomic mass is 9.76. The monoisotopic (exact) mass is 353 g/mol. The number of rotatable bonds is 3. The Kier molecular flexibility index (Phi) is 3.83. The Morgan fingerprint density at radius 3 is 2.46 bits per heavy atom. The van der Waals surface area contributed by atoms with Crippen LogP contribution < -0.4 is 9.47 Å². The van der Waals surface area contributed by atoms with Crippen LogP contribution in [0.4, 0.5) is 5.69 Å². The molecule has 1 N–H and O–H groups in total. The average molecular weight is 353 g/mol. The number of nitrogens with zero attached hydrogens (tertiary/aromatic N) is 1. The Bertz CT molecular complexity index is 909. The number of carbonyl (C=O) groups excluding carboxylic acids is 1. The van der Waals surface area contributed by atoms with Crippen LogP contribution in [0.15, 0.2) is 35.3 Å². The number of aliphatic imine (C=N–C) groups is 1. The van der Waals surface area contributed by atoms with Crippen molar-refractivity contribution in [1.29, 1.82) is 0 Å². The van der Waals surface area contributed by atoms with E-state index >= 15 is 0 Å². The van der Waals surface area contributed by atoms with Crippen LogP contribution in [0, 0.1) is 12.8 Å². The van der Waals surface area contributed by atoms with Crippen LogP contribution in [0.3, 0.4) is 0 Å². The fourth-order valence-corrected chi connectivity index (χ4v) is 3.70. The Morgan fingerprint density at radius 1 is 1.12 bits per heavy atom. The molecule has 2 unspecified atom stereocenters. The summed E-state index contributed by atoms with van der Waals surface area (Å²) in [5.41, 5.74) is 4.40. The van der Waals surface area contributed by atoms with E-state index in [4.69, 9.17) is 14.2 Å². The minimum atomic E-state index is -0.482. The van der Waals surface area contributed by atoms with E-state index in [1.807, 2.05) is 25.1 Å². The second-order valence-corrected chi connectivity index (χ2v) is 6.50. The number of carbonyl (C=O) groups is 1. The predicted molar refractivity (Wildman–Crippen MR) is 95.8 cm³/mol. The largest absolute Gasteiger partial charge is 0.502 e. The van der Waals surface area contributed by atoms with Crippen molar-refractivity contribution in [3.05, 3.63) is 47.0 Å². The van der Waals surface area contributed by atoms with Gasteiger partial charge in [-0.2, -0.15) is 0 Å². The molecule has 0 aliphatic carbocycles. The molecule has 0 radical (unpaired) electrons. The van der Waals surface area contributed by atoms with Gasteiger partial charge in [-0.05, 0) is 41.8 Å². The summed E-state index contributed by atoms with van der Waals surface area (Å²) >= 11 is 0. The molecular formula is C20H19NO5. The van der Waals surface area contributed by atoms with Gasteiger partial charge in [0, 0.05) is 5.92 Å². The van der Waals surface area contributed by atoms with Gasteiger partial charge in [0.15, 0.2) is 11.5 Å². The average Bonchev–Trinajstić information content (AvgIpc) is 3.00. The second-order valence-electron chi connectivity index (χ2n) is 6.50. The number of methoxy groups -OCH3 is 2. The molecule has 26 heavy (non-hydrogen) atoms. The van der Waals surface area contributed by atoms with Crippen molar-refractivity contribution in [2.75, 3.05) is 20.8 Å². The van der Waals surface area contributed by atoms with Crippen LogP contribution in [0.2, 0.25) is 0 Å². The van der Waals surface area contributed by atoms with Gasteiger partial charge in [0.1, 0.15) is 12.5 Å². The first kappa shape index (κ1) is 16.4. The van der Waals surface area contributed by atoms with Crippen molar-refractivity contribution in [3.63, 3.8) is 0 Å². The second kappa shape index (κ2) is 6.05. The van der Waals surface area contributed by atoms with Gasteiger partial charge in [-0.15, -0.1) is 0 Å². The van der Waals surface area contributed by atoms with E-state index in [0.29, 0.717) is 11.5 Å². The maximum Gasteiger partial charge on any atom is 0.316 e. The number of hydrogen-bond donors (Lipinski definition) is 1. The van der Waals surface area contributed by atoms with Crippen LogP contribution in [0.25, 0.3) is 0 Å². The van der Waals surface area contributed by atoms with Crippen LogP contribution in [0.5, 0.6) is 17.2 Å². The molecule has 0 saturated carbocycles. The Hall–Kier alpha value is -3.02. The van der Waals surface area contributed by atoms with Crippen molar-refractivity contribution < 1.29 is 24.1 Å². The lowest BCUT2D eigenvalue weighted by Gasteiger charge is -2.28. The summed E-state index contributed by atoms with van der Waals surface area (Å²) in [6, 6.07) is 9.47. The molecule has 2 aliphatic heterocycles. The highest BCUT2D eigenvalue weighted by Crippen LogP contribution is 2.48. The van der Waals surface area contributed by atoms with E-state index < -0.39 is 5.92 Å². The standard InChI is InChI=1S/C20H19NO5/c1-10-4-5-12-13(6-10)21-14-9-26-20(23)18(14)17(12)11-7-15(24-2)19(22)16(8-11)25-3/h4-8,17-18,22H,9H2,1-3H3. The van der Waals surface area contributed by atoms with Gasteiger partial charge in [0.05, 0.1) is 25.6 Å². The van der Waals surface area contributed by atoms with Gasteiger partial charge in [-0.1, -0.05) is 12.1 Å². The molecule has 1 saturated heterocycles. The minimum Gasteiger partial charge on any atom is -0.502 e. The highest BCUT2D eigenvalue weighted by atomic mass is 16.5. The molecular weight excluding hydrogens is 334 g/mol. The van der Waals surface area contributed by atoms with Crippen molar-refractivity contribution in [2.45, 2.75) is 12.8 Å². The number of cyclic esters (lactones) is 1. The Balaban J connectivity index is 1.95. The zero-order valence-electron chi connectivity index (χ0n) is 14.8. The number of esters is 1. The minimum absolute atomic E-state index is 0.0680. The Labute approximate surface area is 151 Å². The molecule has 6 heteroatoms. The highest BCUT2D eigenvalue weighted by molar-refractivity contribution is 6.11. The van der Waals surface area contributed by atoms with Gasteiger partial charge in [0.2, 0.25) is 5.75 Å². The fourth-order valence-electron chi connectivity index (χ4n) is 3.70. The first-order valence-corrected chi connectivity index (χ1v) is 8.33. The first-order chi connectivity index (χ1) is 12.5. The zero-order valence-corrected chi connectivity index (χ0v) is 14.8. The van der Waals surface area contributed by atoms with Crippen LogP contribution in [-0.4, -0.2) is 37.6 Å². The van der Waals surface area contributed by atoms with E-state index in [0.717, 1.165) is 28.1 Å². The van der Waals surface area contributed by atoms with Gasteiger partial charge in [-0.3, -0.25) is 9.79 Å². The number of hydrogen-bond acceptors (Lipinski definition) is 6. The maximum atomic E-state index is 12.4. The molecule has 2 heterocycles. The smallest absolute Gasteiger partial charge is 0.316 e. The number of phenolic OH excluding ortho intramolecular Hbond substituents is 1. The van der Waals surface area contributed by atoms with Gasteiger partial charge in [-0.25, -0.2) is 0 Å². The topological polar surface area (TPSA) is 77.4 Å². The molecule has 0 aromatic heterocycles. The highest BCUT2D eigenvalue weighted by Gasteiger charge is 2.44. The van der Waals surface area contributed by atoms with Crippen LogP contribution in [0.1, 0.15) is 22.6 Å². The van der Waals surface area contributed by atoms with Gasteiger partial charge in [0.25, 0.3) is 0 Å². The predicted octanol–water partition coefficient (Wildman–Crippen LogP) is 3.11. The molecule has 0 bridgehead atoms. The number of ether oxygens (including phenoxy) is 3. The third-order valence-corrected chi connectivity index (χ3v) is 4.95. The van der Waals surface area contributed by atoms with E-state index in [9.17, 15) is 9.90 Å². The molecule has 0 amide bonds. The fraction of sp³-hybridized carbons (Fsp3) is 0.300. The molecule has 2 aromatic carbocycles. The van der Waals surface area contributed by atoms with E-state index in [1.165, 1.54) is 14.2 Å². The van der Waals surface area contributed by atoms with Gasteiger partial charge >= 0.3 is 5.97 Å². The third kappa shape index (κ3) is 2.41. The summed E-state index contributed by atoms with van der Waals surface area (Å²) in [4.78, 5) is 17.1. The lowest BCUT2D eigenvalue weighted by Crippen LogP contribution is -2.28. The summed E-state index contributed by atoms with van der Waals surface area (Å²) in [5.74, 6) is -0.528. The third-order valence-electron chi connectivity index (χ3n) is 4.95. The molecule has 6 nitrogen and oxygen atoms in total. The summed E-state index contributed by atoms with van der Waals surface area (Å²) in [6.07, 6.45) is 0. The van der Waals surface area contributed by atoms with E-state index in [-0.39, 0.29) is 24.2 Å². The number of aryl methyl sites for hydroxylation is 1. The molecule has 134 valence electrons. The quantitative estimate of drug-likeness (QED) is 0.858. The van der Waals surface area contributed by atoms with Gasteiger partial charge < -0.3 is 19.3 Å². The van der Waals surface area contributed by atoms with Crippen molar-refractivity contribution >= 4 is 17.4 Å². The van der Waals surface area contributed by atoms with Crippen LogP contribution in [-0.2, 0) is 9.53 Å². The normalized spacial score (nSPS) is 20.7. The summed E-state index contributed by atoms with van der Waals surface area (Å²) in [5, 5.41) is 10.2. The lowest BCUT2D eigenvalue weighted by molar-refractivity contribution is -0.141. The van der Waals surface area contributed by atoms with Crippen molar-refractivity contribution in [1.82, 2.24) is 0 Å². The molecule has 2 aliphatic rings. The SMILES string of the molecule is COc1cc(C2c3ccc(C)cc3N=C3COC(=O)C32)cc(OC)c1O. The Morgan fingerprint density at radius 2 is 1.81 bits per heavy atom. The first-order valence-electron chi connectivity index (χ1n) is 8.33. The number of aromatic hydroxyl groups is 1. The van der Waals surface area contributed by atoms with E-state index in [2.05, 4.69) is 4.99 Å². The zero-order chi connectivity index (χ0) is 18.4.